The Morgan fingerprint density at radius 1 is 1.13 bits per heavy atom. The molecule has 2 atom stereocenters. The molecule has 0 spiro atoms. The summed E-state index contributed by atoms with van der Waals surface area (Å²) >= 11 is 0. The van der Waals surface area contributed by atoms with Crippen molar-refractivity contribution in [3.8, 4) is 0 Å². The van der Waals surface area contributed by atoms with Gasteiger partial charge in [-0.15, -0.1) is 0 Å². The van der Waals surface area contributed by atoms with E-state index in [0.29, 0.717) is 50.4 Å². The molecule has 0 radical (unpaired) electrons. The lowest BCUT2D eigenvalue weighted by Crippen LogP contribution is -2.54. The van der Waals surface area contributed by atoms with E-state index in [1.807, 2.05) is 0 Å². The molecule has 2 aromatic carbocycles. The fourth-order valence-electron chi connectivity index (χ4n) is 5.24. The zero-order valence-electron chi connectivity index (χ0n) is 20.8. The van der Waals surface area contributed by atoms with Crippen molar-refractivity contribution in [2.75, 3.05) is 19.7 Å². The molecule has 2 aliphatic rings. The summed E-state index contributed by atoms with van der Waals surface area (Å²) in [6.45, 7) is 2.96. The number of carbonyl (C=O) groups is 2. The van der Waals surface area contributed by atoms with Crippen LogP contribution in [-0.2, 0) is 22.3 Å². The molecule has 2 heterocycles. The summed E-state index contributed by atoms with van der Waals surface area (Å²) in [5.41, 5.74) is -2.22. The standard InChI is InChI=1S/C27H29F5N2O4/c1-26(25(37)33-14-16-11-18(27(30,31)32)13-19(28)12-16)8-5-20(15-38-26)34-9-6-17(7-10-34)21-3-2-4-22(23(21)29)24(35)36/h2-4,11-13,17,20H,5-10,14-15H2,1H3,(H,33,37)(H,35,36)/t20-,26-/m1/s1. The number of nitrogens with zero attached hydrogens (tertiary/aromatic N) is 1. The van der Waals surface area contributed by atoms with Gasteiger partial charge in [-0.25, -0.2) is 13.6 Å². The Bertz CT molecular complexity index is 1190. The summed E-state index contributed by atoms with van der Waals surface area (Å²) in [5.74, 6) is -3.59. The Balaban J connectivity index is 1.29. The van der Waals surface area contributed by atoms with E-state index in [1.165, 1.54) is 6.07 Å². The fourth-order valence-corrected chi connectivity index (χ4v) is 5.24. The zero-order chi connectivity index (χ0) is 27.7. The quantitative estimate of drug-likeness (QED) is 0.498. The van der Waals surface area contributed by atoms with Crippen LogP contribution in [0.3, 0.4) is 0 Å². The van der Waals surface area contributed by atoms with Crippen molar-refractivity contribution in [3.05, 3.63) is 70.3 Å². The number of likely N-dealkylation sites (tertiary alicyclic amines) is 1. The third-order valence-corrected chi connectivity index (χ3v) is 7.51. The van der Waals surface area contributed by atoms with E-state index in [0.717, 1.165) is 12.1 Å². The van der Waals surface area contributed by atoms with E-state index in [4.69, 9.17) is 4.74 Å². The van der Waals surface area contributed by atoms with Gasteiger partial charge >= 0.3 is 12.1 Å². The van der Waals surface area contributed by atoms with E-state index in [1.54, 1.807) is 19.1 Å². The molecule has 2 N–H and O–H groups in total. The van der Waals surface area contributed by atoms with Crippen LogP contribution in [0, 0.1) is 11.6 Å². The lowest BCUT2D eigenvalue weighted by molar-refractivity contribution is -0.157. The van der Waals surface area contributed by atoms with Crippen molar-refractivity contribution in [1.29, 1.82) is 0 Å². The summed E-state index contributed by atoms with van der Waals surface area (Å²) in [5, 5.41) is 11.7. The second-order valence-electron chi connectivity index (χ2n) is 10.1. The minimum Gasteiger partial charge on any atom is -0.478 e. The van der Waals surface area contributed by atoms with Gasteiger partial charge in [-0.3, -0.25) is 9.69 Å². The van der Waals surface area contributed by atoms with E-state index in [2.05, 4.69) is 10.2 Å². The van der Waals surface area contributed by atoms with Gasteiger partial charge < -0.3 is 15.2 Å². The van der Waals surface area contributed by atoms with Crippen molar-refractivity contribution in [1.82, 2.24) is 10.2 Å². The van der Waals surface area contributed by atoms with Crippen molar-refractivity contribution < 1.29 is 41.4 Å². The van der Waals surface area contributed by atoms with Crippen LogP contribution in [0.25, 0.3) is 0 Å². The van der Waals surface area contributed by atoms with Gasteiger partial charge in [-0.05, 0) is 87.0 Å². The molecular formula is C27H29F5N2O4. The smallest absolute Gasteiger partial charge is 0.416 e. The van der Waals surface area contributed by atoms with Crippen molar-refractivity contribution in [2.45, 2.75) is 62.9 Å². The van der Waals surface area contributed by atoms with Gasteiger partial charge in [-0.2, -0.15) is 13.2 Å². The summed E-state index contributed by atoms with van der Waals surface area (Å²) in [7, 11) is 0. The molecule has 38 heavy (non-hydrogen) atoms. The molecule has 2 fully saturated rings. The SMILES string of the molecule is C[C@]1(C(=O)NCc2cc(F)cc(C(F)(F)F)c2)CC[C@@H](N2CCC(c3cccc(C(=O)O)c3F)CC2)CO1. The molecule has 0 bridgehead atoms. The second kappa shape index (κ2) is 11.0. The Kier molecular flexibility index (Phi) is 8.08. The molecule has 4 rings (SSSR count). The Morgan fingerprint density at radius 2 is 1.84 bits per heavy atom. The number of aromatic carboxylic acids is 1. The first kappa shape index (κ1) is 28.0. The number of nitrogens with one attached hydrogen (secondary N) is 1. The van der Waals surface area contributed by atoms with Crippen LogP contribution in [-0.4, -0.2) is 53.2 Å². The highest BCUT2D eigenvalue weighted by Crippen LogP contribution is 2.35. The highest BCUT2D eigenvalue weighted by atomic mass is 19.4. The van der Waals surface area contributed by atoms with Gasteiger partial charge in [0.2, 0.25) is 0 Å². The van der Waals surface area contributed by atoms with Crippen LogP contribution in [0.2, 0.25) is 0 Å². The van der Waals surface area contributed by atoms with Crippen LogP contribution < -0.4 is 5.32 Å². The molecule has 206 valence electrons. The number of alkyl halides is 3. The molecular weight excluding hydrogens is 511 g/mol. The van der Waals surface area contributed by atoms with Crippen molar-refractivity contribution in [3.63, 3.8) is 0 Å². The predicted octanol–water partition coefficient (Wildman–Crippen LogP) is 5.12. The van der Waals surface area contributed by atoms with Crippen molar-refractivity contribution >= 4 is 11.9 Å². The highest BCUT2D eigenvalue weighted by molar-refractivity contribution is 5.88. The van der Waals surface area contributed by atoms with Crippen LogP contribution in [0.15, 0.2) is 36.4 Å². The average Bonchev–Trinajstić information content (AvgIpc) is 2.87. The minimum absolute atomic E-state index is 0.00356. The maximum Gasteiger partial charge on any atom is 0.416 e. The third-order valence-electron chi connectivity index (χ3n) is 7.51. The summed E-state index contributed by atoms with van der Waals surface area (Å²) in [4.78, 5) is 26.3. The molecule has 2 saturated heterocycles. The first-order valence-electron chi connectivity index (χ1n) is 12.4. The largest absolute Gasteiger partial charge is 0.478 e. The fraction of sp³-hybridized carbons (Fsp3) is 0.481. The minimum atomic E-state index is -4.69. The van der Waals surface area contributed by atoms with Gasteiger partial charge in [0.25, 0.3) is 5.91 Å². The number of benzene rings is 2. The van der Waals surface area contributed by atoms with Gasteiger partial charge in [0.15, 0.2) is 0 Å². The maximum atomic E-state index is 14.7. The lowest BCUT2D eigenvalue weighted by atomic mass is 9.86. The van der Waals surface area contributed by atoms with E-state index >= 15 is 0 Å². The van der Waals surface area contributed by atoms with Gasteiger partial charge in [-0.1, -0.05) is 12.1 Å². The number of hydrogen-bond acceptors (Lipinski definition) is 4. The second-order valence-corrected chi connectivity index (χ2v) is 10.1. The Hall–Kier alpha value is -3.05. The maximum absolute atomic E-state index is 14.7. The number of amides is 1. The van der Waals surface area contributed by atoms with Crippen LogP contribution in [0.1, 0.15) is 65.6 Å². The summed E-state index contributed by atoms with van der Waals surface area (Å²) in [6.07, 6.45) is -2.35. The number of carboxylic acid groups (broad SMARTS) is 1. The van der Waals surface area contributed by atoms with Gasteiger partial charge in [0.05, 0.1) is 17.7 Å². The van der Waals surface area contributed by atoms with E-state index < -0.39 is 40.9 Å². The number of carboxylic acids is 1. The van der Waals surface area contributed by atoms with E-state index in [9.17, 15) is 36.6 Å². The monoisotopic (exact) mass is 540 g/mol. The number of rotatable bonds is 6. The van der Waals surface area contributed by atoms with Crippen molar-refractivity contribution in [2.24, 2.45) is 0 Å². The number of ether oxygens (including phenoxy) is 1. The normalized spacial score (nSPS) is 23.3. The summed E-state index contributed by atoms with van der Waals surface area (Å²) in [6, 6.07) is 6.64. The number of piperidine rings is 1. The molecule has 1 amide bonds. The number of carbonyl (C=O) groups excluding carboxylic acids is 1. The highest BCUT2D eigenvalue weighted by Gasteiger charge is 2.41. The first-order chi connectivity index (χ1) is 17.9. The zero-order valence-corrected chi connectivity index (χ0v) is 20.8. The Morgan fingerprint density at radius 3 is 2.45 bits per heavy atom. The molecule has 0 saturated carbocycles. The van der Waals surface area contributed by atoms with Crippen LogP contribution in [0.4, 0.5) is 22.0 Å². The number of hydrogen-bond donors (Lipinski definition) is 2. The number of halogens is 5. The molecule has 11 heteroatoms. The molecule has 0 aromatic heterocycles. The van der Waals surface area contributed by atoms with Gasteiger partial charge in [0, 0.05) is 12.6 Å². The van der Waals surface area contributed by atoms with Gasteiger partial charge in [0.1, 0.15) is 17.2 Å². The molecule has 2 aromatic rings. The van der Waals surface area contributed by atoms with Crippen LogP contribution >= 0.6 is 0 Å². The average molecular weight is 541 g/mol. The first-order valence-corrected chi connectivity index (χ1v) is 12.4. The molecule has 0 unspecified atom stereocenters. The van der Waals surface area contributed by atoms with Crippen LogP contribution in [0.5, 0.6) is 0 Å². The van der Waals surface area contributed by atoms with E-state index in [-0.39, 0.29) is 36.2 Å². The topological polar surface area (TPSA) is 78.9 Å². The summed E-state index contributed by atoms with van der Waals surface area (Å²) < 4.78 is 73.1. The molecule has 2 aliphatic heterocycles. The predicted molar refractivity (Wildman–Crippen MR) is 128 cm³/mol. The molecule has 6 nitrogen and oxygen atoms in total. The Labute approximate surface area is 216 Å². The molecule has 0 aliphatic carbocycles. The lowest BCUT2D eigenvalue weighted by Gasteiger charge is -2.43. The third kappa shape index (κ3) is 6.15.